The molecule has 2 fully saturated rings. The van der Waals surface area contributed by atoms with Crippen molar-refractivity contribution in [1.82, 2.24) is 10.6 Å². The van der Waals surface area contributed by atoms with Gasteiger partial charge in [-0.3, -0.25) is 10.1 Å². The molecule has 0 radical (unpaired) electrons. The maximum Gasteiger partial charge on any atom is 0.321 e. The summed E-state index contributed by atoms with van der Waals surface area (Å²) in [6.45, 7) is 6.84. The number of imide groups is 1. The molecule has 0 spiro atoms. The Balaban J connectivity index is 1.39. The van der Waals surface area contributed by atoms with Gasteiger partial charge in [0.2, 0.25) is 0 Å². The Kier molecular flexibility index (Phi) is 7.52. The van der Waals surface area contributed by atoms with E-state index in [2.05, 4.69) is 16.7 Å². The van der Waals surface area contributed by atoms with Crippen molar-refractivity contribution in [2.45, 2.75) is 57.7 Å². The van der Waals surface area contributed by atoms with Gasteiger partial charge in [-0.1, -0.05) is 30.9 Å². The van der Waals surface area contributed by atoms with E-state index in [9.17, 15) is 9.59 Å². The Morgan fingerprint density at radius 1 is 1.19 bits per heavy atom. The third-order valence-corrected chi connectivity index (χ3v) is 7.07. The van der Waals surface area contributed by atoms with Gasteiger partial charge < -0.3 is 15.1 Å². The average Bonchev–Trinajstić information content (AvgIpc) is 3.07. The van der Waals surface area contributed by atoms with E-state index in [1.807, 2.05) is 13.0 Å². The number of halogens is 1. The zero-order valence-electron chi connectivity index (χ0n) is 16.0. The monoisotopic (exact) mass is 414 g/mol. The Morgan fingerprint density at radius 3 is 2.52 bits per heavy atom. The first kappa shape index (κ1) is 20.6. The van der Waals surface area contributed by atoms with Crippen LogP contribution in [-0.4, -0.2) is 50.2 Å². The molecule has 3 amide bonds. The summed E-state index contributed by atoms with van der Waals surface area (Å²) in [5.41, 5.74) is 0. The first-order valence-corrected chi connectivity index (χ1v) is 11.2. The van der Waals surface area contributed by atoms with Gasteiger partial charge in [-0.2, -0.15) is 0 Å². The fraction of sp³-hybridized carbons (Fsp3) is 0.684. The lowest BCUT2D eigenvalue weighted by molar-refractivity contribution is -1.02. The third-order valence-electron chi connectivity index (χ3n) is 5.84. The zero-order chi connectivity index (χ0) is 19.2. The molecule has 2 aliphatic rings. The molecule has 1 aromatic heterocycles. The molecule has 1 aromatic rings. The topological polar surface area (TPSA) is 67.1 Å². The van der Waals surface area contributed by atoms with Crippen LogP contribution in [-0.2, 0) is 11.3 Å². The molecule has 1 saturated carbocycles. The van der Waals surface area contributed by atoms with Crippen LogP contribution in [0.25, 0.3) is 0 Å². The van der Waals surface area contributed by atoms with Crippen molar-refractivity contribution in [3.63, 3.8) is 0 Å². The van der Waals surface area contributed by atoms with Crippen LogP contribution in [0.5, 0.6) is 0 Å². The highest BCUT2D eigenvalue weighted by atomic mass is 35.5. The minimum atomic E-state index is -0.336. The molecule has 1 aliphatic carbocycles. The quantitative estimate of drug-likeness (QED) is 0.557. The van der Waals surface area contributed by atoms with Gasteiger partial charge in [0.15, 0.2) is 6.04 Å². The second-order valence-corrected chi connectivity index (χ2v) is 9.61. The number of amides is 3. The van der Waals surface area contributed by atoms with E-state index in [1.165, 1.54) is 21.1 Å². The van der Waals surface area contributed by atoms with E-state index < -0.39 is 0 Å². The second-order valence-electron chi connectivity index (χ2n) is 7.81. The summed E-state index contributed by atoms with van der Waals surface area (Å²) < 4.78 is 0.838. The molecule has 6 nitrogen and oxygen atoms in total. The van der Waals surface area contributed by atoms with Crippen LogP contribution in [0.2, 0.25) is 4.34 Å². The number of thiophene rings is 1. The fourth-order valence-electron chi connectivity index (χ4n) is 4.10. The molecule has 0 aromatic carbocycles. The van der Waals surface area contributed by atoms with Crippen LogP contribution in [0.15, 0.2) is 12.1 Å². The van der Waals surface area contributed by atoms with Crippen molar-refractivity contribution in [1.29, 1.82) is 0 Å². The SMILES string of the molecule is C[C@@H](C(=O)NC(=O)NC1CCCCC1)[NH+]1CC[NH+](Cc2ccc(Cl)s2)CC1. The summed E-state index contributed by atoms with van der Waals surface area (Å²) in [5.74, 6) is -0.174. The van der Waals surface area contributed by atoms with Gasteiger partial charge >= 0.3 is 6.03 Å². The number of carbonyl (C=O) groups excluding carboxylic acids is 2. The van der Waals surface area contributed by atoms with Crippen molar-refractivity contribution < 1.29 is 19.4 Å². The van der Waals surface area contributed by atoms with Gasteiger partial charge in [-0.05, 0) is 31.9 Å². The van der Waals surface area contributed by atoms with E-state index in [-0.39, 0.29) is 24.0 Å². The number of piperazine rings is 1. The van der Waals surface area contributed by atoms with E-state index >= 15 is 0 Å². The third kappa shape index (κ3) is 6.17. The van der Waals surface area contributed by atoms with E-state index in [0.717, 1.165) is 62.7 Å². The summed E-state index contributed by atoms with van der Waals surface area (Å²) in [5, 5.41) is 5.50. The van der Waals surface area contributed by atoms with Crippen molar-refractivity contribution in [3.8, 4) is 0 Å². The van der Waals surface area contributed by atoms with E-state index in [1.54, 1.807) is 11.3 Å². The first-order chi connectivity index (χ1) is 13.0. The molecule has 1 aliphatic heterocycles. The van der Waals surface area contributed by atoms with Crippen LogP contribution in [0.1, 0.15) is 43.9 Å². The molecular weight excluding hydrogens is 384 g/mol. The second kappa shape index (κ2) is 9.87. The zero-order valence-corrected chi connectivity index (χ0v) is 17.6. The Hall–Kier alpha value is -1.15. The molecule has 2 heterocycles. The highest BCUT2D eigenvalue weighted by molar-refractivity contribution is 7.16. The van der Waals surface area contributed by atoms with Crippen molar-refractivity contribution in [2.24, 2.45) is 0 Å². The number of nitrogens with one attached hydrogen (secondary N) is 4. The number of urea groups is 1. The fourth-order valence-corrected chi connectivity index (χ4v) is 5.26. The van der Waals surface area contributed by atoms with Gasteiger partial charge in [-0.15, -0.1) is 11.3 Å². The Labute approximate surface area is 170 Å². The number of hydrogen-bond acceptors (Lipinski definition) is 3. The summed E-state index contributed by atoms with van der Waals surface area (Å²) in [6.07, 6.45) is 5.59. The van der Waals surface area contributed by atoms with Gasteiger partial charge in [-0.25, -0.2) is 4.79 Å². The summed E-state index contributed by atoms with van der Waals surface area (Å²) >= 11 is 7.65. The van der Waals surface area contributed by atoms with Gasteiger partial charge in [0.05, 0.1) is 9.21 Å². The van der Waals surface area contributed by atoms with Crippen molar-refractivity contribution in [2.75, 3.05) is 26.2 Å². The highest BCUT2D eigenvalue weighted by Gasteiger charge is 2.32. The Morgan fingerprint density at radius 2 is 1.89 bits per heavy atom. The number of rotatable bonds is 5. The van der Waals surface area contributed by atoms with Crippen molar-refractivity contribution in [3.05, 3.63) is 21.3 Å². The lowest BCUT2D eigenvalue weighted by Gasteiger charge is -2.32. The lowest BCUT2D eigenvalue weighted by Crippen LogP contribution is -3.29. The average molecular weight is 415 g/mol. The van der Waals surface area contributed by atoms with E-state index in [4.69, 9.17) is 11.6 Å². The summed E-state index contributed by atoms with van der Waals surface area (Å²) in [7, 11) is 0. The van der Waals surface area contributed by atoms with Crippen LogP contribution in [0.4, 0.5) is 4.79 Å². The predicted octanol–water partition coefficient (Wildman–Crippen LogP) is 0.232. The first-order valence-electron chi connectivity index (χ1n) is 10.0. The smallest absolute Gasteiger partial charge is 0.321 e. The van der Waals surface area contributed by atoms with Crippen LogP contribution in [0.3, 0.4) is 0 Å². The van der Waals surface area contributed by atoms with Crippen LogP contribution < -0.4 is 20.4 Å². The van der Waals surface area contributed by atoms with Crippen molar-refractivity contribution >= 4 is 34.9 Å². The standard InChI is InChI=1S/C19H29ClN4O2S/c1-14(18(25)22-19(26)21-15-5-3-2-4-6-15)24-11-9-23(10-12-24)13-16-7-8-17(20)27-16/h7-8,14-15H,2-6,9-13H2,1H3,(H2,21,22,25,26)/p+2/t14-/m0/s1. The summed E-state index contributed by atoms with van der Waals surface area (Å²) in [4.78, 5) is 28.6. The van der Waals surface area contributed by atoms with Gasteiger partial charge in [0.1, 0.15) is 32.7 Å². The molecule has 150 valence electrons. The van der Waals surface area contributed by atoms with E-state index in [0.29, 0.717) is 0 Å². The molecule has 1 saturated heterocycles. The molecule has 1 atom stereocenters. The molecule has 3 rings (SSSR count). The molecule has 27 heavy (non-hydrogen) atoms. The number of hydrogen-bond donors (Lipinski definition) is 4. The molecule has 0 bridgehead atoms. The molecule has 0 unspecified atom stereocenters. The summed E-state index contributed by atoms with van der Waals surface area (Å²) in [6, 6.07) is 3.72. The molecular formula is C19H31ClN4O2S+2. The number of quaternary nitrogens is 2. The number of carbonyl (C=O) groups is 2. The maximum atomic E-state index is 12.5. The van der Waals surface area contributed by atoms with Crippen LogP contribution >= 0.6 is 22.9 Å². The largest absolute Gasteiger partial charge is 0.335 e. The normalized spacial score (nSPS) is 25.0. The highest BCUT2D eigenvalue weighted by Crippen LogP contribution is 2.20. The van der Waals surface area contributed by atoms with Crippen LogP contribution in [0, 0.1) is 0 Å². The lowest BCUT2D eigenvalue weighted by atomic mass is 9.96. The minimum Gasteiger partial charge on any atom is -0.335 e. The Bertz CT molecular complexity index is 639. The van der Waals surface area contributed by atoms with Gasteiger partial charge in [0.25, 0.3) is 5.91 Å². The van der Waals surface area contributed by atoms with Gasteiger partial charge in [0, 0.05) is 6.04 Å². The molecule has 4 N–H and O–H groups in total. The molecule has 8 heteroatoms. The minimum absolute atomic E-state index is 0.174. The predicted molar refractivity (Wildman–Crippen MR) is 107 cm³/mol. The maximum absolute atomic E-state index is 12.5.